The van der Waals surface area contributed by atoms with Gasteiger partial charge in [-0.3, -0.25) is 0 Å². The summed E-state index contributed by atoms with van der Waals surface area (Å²) >= 11 is 0. The van der Waals surface area contributed by atoms with Crippen molar-refractivity contribution in [1.82, 2.24) is 0 Å². The fraction of sp³-hybridized carbons (Fsp3) is 0.667. The maximum Gasteiger partial charge on any atom is 0.332 e. The second-order valence-electron chi connectivity index (χ2n) is 2.63. The quantitative estimate of drug-likeness (QED) is 0.380. The van der Waals surface area contributed by atoms with E-state index in [1.165, 1.54) is 6.08 Å². The number of hydrogen-bond donors (Lipinski definition) is 1. The number of rotatable bonds is 6. The van der Waals surface area contributed by atoms with Crippen molar-refractivity contribution in [3.05, 3.63) is 11.8 Å². The molecule has 0 amide bonds. The van der Waals surface area contributed by atoms with Gasteiger partial charge in [-0.2, -0.15) is 0 Å². The molecule has 0 radical (unpaired) electrons. The molecule has 0 bridgehead atoms. The number of carbonyl (C=O) groups excluding carboxylic acids is 1. The molecule has 0 aliphatic heterocycles. The summed E-state index contributed by atoms with van der Waals surface area (Å²) in [6.45, 7) is 2.68. The maximum absolute atomic E-state index is 11.0. The first-order valence-corrected chi connectivity index (χ1v) is 4.32. The summed E-state index contributed by atoms with van der Waals surface area (Å²) in [5.41, 5.74) is 6.08. The monoisotopic (exact) mass is 187 g/mol. The zero-order chi connectivity index (χ0) is 10.1. The third-order valence-corrected chi connectivity index (χ3v) is 1.37. The highest BCUT2D eigenvalue weighted by molar-refractivity contribution is 5.82. The third kappa shape index (κ3) is 7.33. The molecule has 4 nitrogen and oxygen atoms in total. The van der Waals surface area contributed by atoms with Crippen molar-refractivity contribution in [3.63, 3.8) is 0 Å². The number of allylic oxidation sites excluding steroid dienone is 1. The van der Waals surface area contributed by atoms with Crippen LogP contribution in [0.5, 0.6) is 0 Å². The Balaban J connectivity index is 3.65. The molecule has 0 heterocycles. The minimum atomic E-state index is -0.400. The average Bonchev–Trinajstić information content (AvgIpc) is 2.05. The van der Waals surface area contributed by atoms with Gasteiger partial charge in [0.05, 0.1) is 6.61 Å². The number of nitrogens with two attached hydrogens (primary N) is 1. The van der Waals surface area contributed by atoms with Crippen LogP contribution in [0.15, 0.2) is 11.8 Å². The molecule has 13 heavy (non-hydrogen) atoms. The standard InChI is InChI=1S/C9H17NO3/c1-3-4-8(10)7-9(11)13-6-5-12-2/h7H,3-6,10H2,1-2H3. The van der Waals surface area contributed by atoms with Crippen LogP contribution in [-0.2, 0) is 14.3 Å². The molecule has 0 fully saturated rings. The Kier molecular flexibility index (Phi) is 7.01. The van der Waals surface area contributed by atoms with Crippen molar-refractivity contribution < 1.29 is 14.3 Å². The summed E-state index contributed by atoms with van der Waals surface area (Å²) in [5.74, 6) is -0.400. The van der Waals surface area contributed by atoms with Gasteiger partial charge in [0.15, 0.2) is 0 Å². The van der Waals surface area contributed by atoms with E-state index in [1.807, 2.05) is 6.92 Å². The van der Waals surface area contributed by atoms with Crippen LogP contribution in [0.2, 0.25) is 0 Å². The number of methoxy groups -OCH3 is 1. The molecule has 0 aliphatic carbocycles. The van der Waals surface area contributed by atoms with Gasteiger partial charge >= 0.3 is 5.97 Å². The van der Waals surface area contributed by atoms with Crippen LogP contribution >= 0.6 is 0 Å². The smallest absolute Gasteiger partial charge is 0.332 e. The third-order valence-electron chi connectivity index (χ3n) is 1.37. The van der Waals surface area contributed by atoms with Gasteiger partial charge in [0, 0.05) is 18.9 Å². The van der Waals surface area contributed by atoms with Gasteiger partial charge in [-0.25, -0.2) is 4.79 Å². The minimum Gasteiger partial charge on any atom is -0.460 e. The van der Waals surface area contributed by atoms with Crippen LogP contribution in [0.3, 0.4) is 0 Å². The summed E-state index contributed by atoms with van der Waals surface area (Å²) in [5, 5.41) is 0. The van der Waals surface area contributed by atoms with Gasteiger partial charge in [-0.05, 0) is 6.42 Å². The highest BCUT2D eigenvalue weighted by atomic mass is 16.6. The number of carbonyl (C=O) groups is 1. The Morgan fingerprint density at radius 2 is 2.15 bits per heavy atom. The molecule has 4 heteroatoms. The van der Waals surface area contributed by atoms with Gasteiger partial charge in [-0.1, -0.05) is 13.3 Å². The Labute approximate surface area is 78.7 Å². The van der Waals surface area contributed by atoms with E-state index in [1.54, 1.807) is 7.11 Å². The van der Waals surface area contributed by atoms with Crippen LogP contribution < -0.4 is 5.73 Å². The first kappa shape index (κ1) is 12.0. The van der Waals surface area contributed by atoms with Crippen LogP contribution in [0.1, 0.15) is 19.8 Å². The minimum absolute atomic E-state index is 0.269. The fourth-order valence-electron chi connectivity index (χ4n) is 0.779. The summed E-state index contributed by atoms with van der Waals surface area (Å²) in [7, 11) is 1.55. The second-order valence-corrected chi connectivity index (χ2v) is 2.63. The van der Waals surface area contributed by atoms with Crippen molar-refractivity contribution in [1.29, 1.82) is 0 Å². The SMILES string of the molecule is CCCC(N)=CC(=O)OCCOC. The molecule has 0 aromatic rings. The van der Waals surface area contributed by atoms with E-state index in [0.29, 0.717) is 12.3 Å². The van der Waals surface area contributed by atoms with Gasteiger partial charge in [-0.15, -0.1) is 0 Å². The van der Waals surface area contributed by atoms with Crippen molar-refractivity contribution in [2.45, 2.75) is 19.8 Å². The normalized spacial score (nSPS) is 11.4. The molecule has 2 N–H and O–H groups in total. The first-order chi connectivity index (χ1) is 6.20. The topological polar surface area (TPSA) is 61.6 Å². The Morgan fingerprint density at radius 3 is 2.69 bits per heavy atom. The molecule has 0 saturated carbocycles. The van der Waals surface area contributed by atoms with E-state index < -0.39 is 5.97 Å². The van der Waals surface area contributed by atoms with Gasteiger partial charge in [0.2, 0.25) is 0 Å². The fourth-order valence-corrected chi connectivity index (χ4v) is 0.779. The predicted octanol–water partition coefficient (Wildman–Crippen LogP) is 0.819. The summed E-state index contributed by atoms with van der Waals surface area (Å²) in [6, 6.07) is 0. The predicted molar refractivity (Wildman–Crippen MR) is 50.0 cm³/mol. The van der Waals surface area contributed by atoms with E-state index in [9.17, 15) is 4.79 Å². The van der Waals surface area contributed by atoms with E-state index in [0.717, 1.165) is 12.8 Å². The molecule has 0 rings (SSSR count). The van der Waals surface area contributed by atoms with Crippen LogP contribution in [0.4, 0.5) is 0 Å². The molecule has 0 aromatic carbocycles. The lowest BCUT2D eigenvalue weighted by molar-refractivity contribution is -0.139. The second kappa shape index (κ2) is 7.61. The first-order valence-electron chi connectivity index (χ1n) is 4.32. The number of hydrogen-bond acceptors (Lipinski definition) is 4. The van der Waals surface area contributed by atoms with E-state index in [4.69, 9.17) is 15.2 Å². The zero-order valence-corrected chi connectivity index (χ0v) is 8.21. The Bertz CT molecular complexity index is 178. The molecule has 76 valence electrons. The van der Waals surface area contributed by atoms with Crippen molar-refractivity contribution in [2.75, 3.05) is 20.3 Å². The molecule has 0 unspecified atom stereocenters. The summed E-state index contributed by atoms with van der Waals surface area (Å²) in [4.78, 5) is 11.0. The lowest BCUT2D eigenvalue weighted by Crippen LogP contribution is -2.09. The summed E-state index contributed by atoms with van der Waals surface area (Å²) < 4.78 is 9.49. The van der Waals surface area contributed by atoms with Crippen molar-refractivity contribution in [2.24, 2.45) is 5.73 Å². The van der Waals surface area contributed by atoms with Crippen LogP contribution in [-0.4, -0.2) is 26.3 Å². The Morgan fingerprint density at radius 1 is 1.46 bits per heavy atom. The maximum atomic E-state index is 11.0. The summed E-state index contributed by atoms with van der Waals surface area (Å²) in [6.07, 6.45) is 2.96. The van der Waals surface area contributed by atoms with Crippen LogP contribution in [0, 0.1) is 0 Å². The van der Waals surface area contributed by atoms with E-state index in [-0.39, 0.29) is 6.61 Å². The van der Waals surface area contributed by atoms with Crippen molar-refractivity contribution >= 4 is 5.97 Å². The largest absolute Gasteiger partial charge is 0.460 e. The van der Waals surface area contributed by atoms with Crippen molar-refractivity contribution in [3.8, 4) is 0 Å². The van der Waals surface area contributed by atoms with Crippen LogP contribution in [0.25, 0.3) is 0 Å². The number of ether oxygens (including phenoxy) is 2. The van der Waals surface area contributed by atoms with Gasteiger partial charge in [0.1, 0.15) is 6.61 Å². The van der Waals surface area contributed by atoms with E-state index >= 15 is 0 Å². The Hall–Kier alpha value is -1.03. The molecule has 0 atom stereocenters. The highest BCUT2D eigenvalue weighted by Gasteiger charge is 1.98. The van der Waals surface area contributed by atoms with Gasteiger partial charge < -0.3 is 15.2 Å². The molecular formula is C9H17NO3. The molecular weight excluding hydrogens is 170 g/mol. The number of esters is 1. The lowest BCUT2D eigenvalue weighted by atomic mass is 10.2. The molecule has 0 aromatic heterocycles. The van der Waals surface area contributed by atoms with E-state index in [2.05, 4.69) is 0 Å². The zero-order valence-electron chi connectivity index (χ0n) is 8.21. The average molecular weight is 187 g/mol. The lowest BCUT2D eigenvalue weighted by Gasteiger charge is -2.01. The molecule has 0 spiro atoms. The van der Waals surface area contributed by atoms with Gasteiger partial charge in [0.25, 0.3) is 0 Å². The molecule has 0 saturated heterocycles. The molecule has 0 aliphatic rings. The highest BCUT2D eigenvalue weighted by Crippen LogP contribution is 1.97.